The van der Waals surface area contributed by atoms with Crippen LogP contribution < -0.4 is 10.3 Å². The fourth-order valence-corrected chi connectivity index (χ4v) is 3.83. The maximum atomic E-state index is 12.3. The van der Waals surface area contributed by atoms with E-state index < -0.39 is 16.0 Å². The van der Waals surface area contributed by atoms with E-state index in [1.54, 1.807) is 6.07 Å². The molecule has 3 rings (SSSR count). The van der Waals surface area contributed by atoms with Crippen LogP contribution in [0.5, 0.6) is 0 Å². The molecule has 1 aromatic heterocycles. The molecule has 0 aliphatic rings. The summed E-state index contributed by atoms with van der Waals surface area (Å²) in [5.41, 5.74) is 1.87. The number of carbonyl (C=O) groups is 1. The van der Waals surface area contributed by atoms with E-state index in [1.165, 1.54) is 18.2 Å². The summed E-state index contributed by atoms with van der Waals surface area (Å²) in [4.78, 5) is 25.8. The van der Waals surface area contributed by atoms with Crippen molar-refractivity contribution in [2.75, 3.05) is 6.54 Å². The molecule has 0 radical (unpaired) electrons. The van der Waals surface area contributed by atoms with Crippen molar-refractivity contribution < 1.29 is 18.3 Å². The summed E-state index contributed by atoms with van der Waals surface area (Å²) in [6, 6.07) is 12.5. The van der Waals surface area contributed by atoms with Crippen molar-refractivity contribution in [2.24, 2.45) is 0 Å². The second-order valence-electron chi connectivity index (χ2n) is 6.20. The molecule has 0 unspecified atom stereocenters. The maximum Gasteiger partial charge on any atom is 0.335 e. The Balaban J connectivity index is 1.76. The number of aromatic amines is 1. The minimum absolute atomic E-state index is 0.0139. The number of aromatic nitrogens is 1. The predicted octanol–water partition coefficient (Wildman–Crippen LogP) is 2.06. The number of rotatable bonds is 6. The average molecular weight is 386 g/mol. The zero-order valence-electron chi connectivity index (χ0n) is 14.5. The molecule has 0 amide bonds. The van der Waals surface area contributed by atoms with Gasteiger partial charge in [0.1, 0.15) is 0 Å². The lowest BCUT2D eigenvalue weighted by molar-refractivity contribution is 0.0696. The minimum atomic E-state index is -3.87. The minimum Gasteiger partial charge on any atom is -0.478 e. The Labute approximate surface area is 155 Å². The molecule has 3 N–H and O–H groups in total. The summed E-state index contributed by atoms with van der Waals surface area (Å²) in [5, 5.41) is 9.86. The predicted molar refractivity (Wildman–Crippen MR) is 102 cm³/mol. The van der Waals surface area contributed by atoms with Gasteiger partial charge in [0.2, 0.25) is 10.0 Å². The van der Waals surface area contributed by atoms with Gasteiger partial charge in [-0.05, 0) is 55.1 Å². The van der Waals surface area contributed by atoms with Gasteiger partial charge >= 0.3 is 5.97 Å². The number of H-pyrrole nitrogens is 1. The first-order valence-electron chi connectivity index (χ1n) is 8.22. The van der Waals surface area contributed by atoms with E-state index in [9.17, 15) is 18.0 Å². The van der Waals surface area contributed by atoms with E-state index in [4.69, 9.17) is 5.11 Å². The number of hydrogen-bond acceptors (Lipinski definition) is 4. The number of nitrogens with one attached hydrogen (secondary N) is 2. The van der Waals surface area contributed by atoms with Gasteiger partial charge in [-0.25, -0.2) is 17.9 Å². The Hall–Kier alpha value is -2.97. The summed E-state index contributed by atoms with van der Waals surface area (Å²) in [6.45, 7) is 1.96. The van der Waals surface area contributed by atoms with Gasteiger partial charge < -0.3 is 10.1 Å². The molecule has 27 heavy (non-hydrogen) atoms. The highest BCUT2D eigenvalue weighted by atomic mass is 32.2. The number of sulfonamides is 1. The Morgan fingerprint density at radius 2 is 1.93 bits per heavy atom. The number of aryl methyl sites for hydroxylation is 1. The van der Waals surface area contributed by atoms with Gasteiger partial charge in [0.05, 0.1) is 10.5 Å². The van der Waals surface area contributed by atoms with Gasteiger partial charge in [0.25, 0.3) is 5.56 Å². The number of benzene rings is 2. The highest BCUT2D eigenvalue weighted by Crippen LogP contribution is 2.14. The lowest BCUT2D eigenvalue weighted by Crippen LogP contribution is -2.27. The molecule has 8 heteroatoms. The number of carboxylic acids is 1. The Bertz CT molecular complexity index is 1180. The molecule has 0 fully saturated rings. The Morgan fingerprint density at radius 1 is 1.15 bits per heavy atom. The van der Waals surface area contributed by atoms with Crippen molar-refractivity contribution in [1.29, 1.82) is 0 Å². The standard InChI is InChI=1S/C19H18N2O5S/c1-12-5-6-17-15(9-12)10-13(18(22)21-17)7-8-20-27(25,26)16-4-2-3-14(11-16)19(23)24/h2-6,9-11,20H,7-8H2,1H3,(H,21,22)(H,23,24). The highest BCUT2D eigenvalue weighted by Gasteiger charge is 2.16. The van der Waals surface area contributed by atoms with Gasteiger partial charge in [-0.15, -0.1) is 0 Å². The third kappa shape index (κ3) is 4.24. The molecule has 140 valence electrons. The summed E-state index contributed by atoms with van der Waals surface area (Å²) in [7, 11) is -3.87. The molecule has 0 saturated heterocycles. The quantitative estimate of drug-likeness (QED) is 0.600. The molecule has 7 nitrogen and oxygen atoms in total. The molecular weight excluding hydrogens is 368 g/mol. The first-order chi connectivity index (χ1) is 12.8. The molecule has 2 aromatic carbocycles. The van der Waals surface area contributed by atoms with E-state index in [0.29, 0.717) is 5.56 Å². The van der Waals surface area contributed by atoms with E-state index in [-0.39, 0.29) is 29.0 Å². The summed E-state index contributed by atoms with van der Waals surface area (Å²) < 4.78 is 27.1. The maximum absolute atomic E-state index is 12.3. The molecule has 3 aromatic rings. The van der Waals surface area contributed by atoms with Crippen LogP contribution in [0.4, 0.5) is 0 Å². The van der Waals surface area contributed by atoms with Gasteiger partial charge in [-0.2, -0.15) is 0 Å². The number of hydrogen-bond donors (Lipinski definition) is 3. The summed E-state index contributed by atoms with van der Waals surface area (Å²) >= 11 is 0. The number of pyridine rings is 1. The molecule has 0 atom stereocenters. The van der Waals surface area contributed by atoms with Crippen LogP contribution in [0.25, 0.3) is 10.9 Å². The Kier molecular flexibility index (Phi) is 5.11. The zero-order valence-corrected chi connectivity index (χ0v) is 15.3. The van der Waals surface area contributed by atoms with Crippen molar-refractivity contribution in [3.05, 3.63) is 75.6 Å². The number of carboxylic acid groups (broad SMARTS) is 1. The van der Waals surface area contributed by atoms with Crippen LogP contribution in [-0.4, -0.2) is 31.0 Å². The summed E-state index contributed by atoms with van der Waals surface area (Å²) in [5.74, 6) is -1.20. The van der Waals surface area contributed by atoms with Crippen LogP contribution in [0.2, 0.25) is 0 Å². The molecular formula is C19H18N2O5S. The van der Waals surface area contributed by atoms with Crippen molar-refractivity contribution in [1.82, 2.24) is 9.71 Å². The summed E-state index contributed by atoms with van der Waals surface area (Å²) in [6.07, 6.45) is 0.205. The third-order valence-electron chi connectivity index (χ3n) is 4.15. The van der Waals surface area contributed by atoms with Gasteiger partial charge in [0, 0.05) is 17.6 Å². The third-order valence-corrected chi connectivity index (χ3v) is 5.61. The van der Waals surface area contributed by atoms with Crippen LogP contribution >= 0.6 is 0 Å². The van der Waals surface area contributed by atoms with Gasteiger partial charge in [-0.3, -0.25) is 4.79 Å². The van der Waals surface area contributed by atoms with Gasteiger partial charge in [-0.1, -0.05) is 17.7 Å². The van der Waals surface area contributed by atoms with Gasteiger partial charge in [0.15, 0.2) is 0 Å². The molecule has 0 aliphatic heterocycles. The van der Waals surface area contributed by atoms with Crippen LogP contribution in [-0.2, 0) is 16.4 Å². The molecule has 0 spiro atoms. The fourth-order valence-electron chi connectivity index (χ4n) is 2.76. The largest absolute Gasteiger partial charge is 0.478 e. The van der Waals surface area contributed by atoms with E-state index >= 15 is 0 Å². The van der Waals surface area contributed by atoms with E-state index in [0.717, 1.165) is 22.5 Å². The SMILES string of the molecule is Cc1ccc2[nH]c(=O)c(CCNS(=O)(=O)c3cccc(C(=O)O)c3)cc2c1. The first kappa shape index (κ1) is 18.8. The van der Waals surface area contributed by atoms with Crippen LogP contribution in [0.15, 0.2) is 58.2 Å². The molecule has 0 saturated carbocycles. The Morgan fingerprint density at radius 3 is 2.67 bits per heavy atom. The van der Waals surface area contributed by atoms with Crippen LogP contribution in [0.3, 0.4) is 0 Å². The fraction of sp³-hybridized carbons (Fsp3) is 0.158. The van der Waals surface area contributed by atoms with Crippen molar-refractivity contribution in [2.45, 2.75) is 18.2 Å². The van der Waals surface area contributed by atoms with Crippen molar-refractivity contribution in [3.63, 3.8) is 0 Å². The van der Waals surface area contributed by atoms with E-state index in [1.807, 2.05) is 25.1 Å². The smallest absolute Gasteiger partial charge is 0.335 e. The highest BCUT2D eigenvalue weighted by molar-refractivity contribution is 7.89. The molecule has 0 aliphatic carbocycles. The zero-order chi connectivity index (χ0) is 19.6. The second kappa shape index (κ2) is 7.34. The van der Waals surface area contributed by atoms with Crippen molar-refractivity contribution >= 4 is 26.9 Å². The van der Waals surface area contributed by atoms with Crippen molar-refractivity contribution in [3.8, 4) is 0 Å². The van der Waals surface area contributed by atoms with Crippen LogP contribution in [0, 0.1) is 6.92 Å². The lowest BCUT2D eigenvalue weighted by Gasteiger charge is -2.08. The van der Waals surface area contributed by atoms with Crippen LogP contribution in [0.1, 0.15) is 21.5 Å². The number of aromatic carboxylic acids is 1. The first-order valence-corrected chi connectivity index (χ1v) is 9.70. The second-order valence-corrected chi connectivity index (χ2v) is 7.96. The molecule has 1 heterocycles. The average Bonchev–Trinajstić information content (AvgIpc) is 2.62. The topological polar surface area (TPSA) is 116 Å². The molecule has 0 bridgehead atoms. The number of fused-ring (bicyclic) bond motifs is 1. The normalized spacial score (nSPS) is 11.6. The van der Waals surface area contributed by atoms with E-state index in [2.05, 4.69) is 9.71 Å². The lowest BCUT2D eigenvalue weighted by atomic mass is 10.1. The monoisotopic (exact) mass is 386 g/mol.